The quantitative estimate of drug-likeness (QED) is 0.366. The molecule has 184 valence electrons. The SMILES string of the molecule is CCOC(=O)C1=CN(c2ccc(F)cc2F)C2N=C(N3CC(C)C(OC)(OC)C3)C(F)C=C2C1. The van der Waals surface area contributed by atoms with E-state index in [1.54, 1.807) is 26.0 Å². The van der Waals surface area contributed by atoms with Gasteiger partial charge in [0.05, 0.1) is 24.4 Å². The van der Waals surface area contributed by atoms with Crippen LogP contribution in [0.5, 0.6) is 0 Å². The summed E-state index contributed by atoms with van der Waals surface area (Å²) in [6, 6.07) is 3.14. The monoisotopic (exact) mass is 479 g/mol. The molecule has 0 aromatic heterocycles. The number of ether oxygens (including phenoxy) is 3. The number of benzene rings is 1. The van der Waals surface area contributed by atoms with Crippen LogP contribution in [0.1, 0.15) is 20.3 Å². The van der Waals surface area contributed by atoms with E-state index in [4.69, 9.17) is 14.2 Å². The summed E-state index contributed by atoms with van der Waals surface area (Å²) in [4.78, 5) is 20.3. The number of halogens is 3. The highest BCUT2D eigenvalue weighted by atomic mass is 19.1. The van der Waals surface area contributed by atoms with Gasteiger partial charge in [0.15, 0.2) is 12.0 Å². The molecule has 0 bridgehead atoms. The van der Waals surface area contributed by atoms with Crippen LogP contribution in [0, 0.1) is 17.6 Å². The smallest absolute Gasteiger partial charge is 0.335 e. The van der Waals surface area contributed by atoms with E-state index in [1.807, 2.05) is 6.92 Å². The standard InChI is InChI=1S/C24H28F3N3O4/c1-5-34-23(31)16-8-15-9-19(27)22(29-11-14(2)24(13-29,32-3)33-4)28-21(15)30(12-16)20-7-6-17(25)10-18(20)26/h6-7,9-10,12,14,19,21H,5,8,11,13H2,1-4H3. The van der Waals surface area contributed by atoms with Gasteiger partial charge in [0.1, 0.15) is 23.6 Å². The summed E-state index contributed by atoms with van der Waals surface area (Å²) in [6.45, 7) is 4.50. The molecule has 10 heteroatoms. The number of amidine groups is 1. The second kappa shape index (κ2) is 9.42. The van der Waals surface area contributed by atoms with Gasteiger partial charge in [-0.2, -0.15) is 0 Å². The first-order chi connectivity index (χ1) is 16.2. The zero-order valence-electron chi connectivity index (χ0n) is 19.6. The first kappa shape index (κ1) is 24.3. The van der Waals surface area contributed by atoms with Crippen LogP contribution in [-0.4, -0.2) is 68.7 Å². The highest BCUT2D eigenvalue weighted by Gasteiger charge is 2.48. The van der Waals surface area contributed by atoms with Crippen molar-refractivity contribution in [1.82, 2.24) is 4.90 Å². The summed E-state index contributed by atoms with van der Waals surface area (Å²) in [6.07, 6.45) is 0.603. The highest BCUT2D eigenvalue weighted by Crippen LogP contribution is 2.38. The van der Waals surface area contributed by atoms with E-state index in [1.165, 1.54) is 23.2 Å². The van der Waals surface area contributed by atoms with Crippen molar-refractivity contribution in [3.05, 3.63) is 53.3 Å². The number of aliphatic imine (C=N–C) groups is 1. The summed E-state index contributed by atoms with van der Waals surface area (Å²) >= 11 is 0. The molecule has 3 unspecified atom stereocenters. The number of hydrogen-bond acceptors (Lipinski definition) is 7. The number of likely N-dealkylation sites (tertiary alicyclic amines) is 1. The third kappa shape index (κ3) is 4.20. The number of alkyl halides is 1. The van der Waals surface area contributed by atoms with Crippen LogP contribution in [0.15, 0.2) is 46.6 Å². The van der Waals surface area contributed by atoms with Crippen molar-refractivity contribution in [2.24, 2.45) is 10.9 Å². The lowest BCUT2D eigenvalue weighted by atomic mass is 9.94. The molecule has 0 N–H and O–H groups in total. The Morgan fingerprint density at radius 3 is 2.62 bits per heavy atom. The highest BCUT2D eigenvalue weighted by molar-refractivity contribution is 5.93. The number of carbonyl (C=O) groups is 1. The van der Waals surface area contributed by atoms with Crippen LogP contribution >= 0.6 is 0 Å². The summed E-state index contributed by atoms with van der Waals surface area (Å²) in [5.74, 6) is -2.95. The zero-order chi connectivity index (χ0) is 24.6. The average Bonchev–Trinajstić information content (AvgIpc) is 3.14. The molecule has 3 heterocycles. The number of fused-ring (bicyclic) bond motifs is 1. The lowest BCUT2D eigenvalue weighted by Crippen LogP contribution is -2.47. The summed E-state index contributed by atoms with van der Waals surface area (Å²) < 4.78 is 60.0. The van der Waals surface area contributed by atoms with Gasteiger partial charge in [-0.05, 0) is 30.7 Å². The second-order valence-corrected chi connectivity index (χ2v) is 8.56. The largest absolute Gasteiger partial charge is 0.463 e. The molecule has 34 heavy (non-hydrogen) atoms. The number of nitrogens with zero attached hydrogens (tertiary/aromatic N) is 3. The predicted octanol–water partition coefficient (Wildman–Crippen LogP) is 3.57. The molecule has 0 radical (unpaired) electrons. The van der Waals surface area contributed by atoms with Crippen LogP contribution in [-0.2, 0) is 19.0 Å². The van der Waals surface area contributed by atoms with Crippen molar-refractivity contribution in [3.8, 4) is 0 Å². The van der Waals surface area contributed by atoms with Gasteiger partial charge >= 0.3 is 5.97 Å². The molecule has 1 aromatic rings. The number of carbonyl (C=O) groups excluding carboxylic acids is 1. The Labute approximate surface area is 196 Å². The average molecular weight is 479 g/mol. The van der Waals surface area contributed by atoms with Gasteiger partial charge in [0.2, 0.25) is 0 Å². The van der Waals surface area contributed by atoms with Crippen molar-refractivity contribution < 1.29 is 32.2 Å². The van der Waals surface area contributed by atoms with Crippen LogP contribution in [0.25, 0.3) is 0 Å². The fourth-order valence-corrected chi connectivity index (χ4v) is 4.77. The summed E-state index contributed by atoms with van der Waals surface area (Å²) in [7, 11) is 3.08. The van der Waals surface area contributed by atoms with E-state index >= 15 is 4.39 Å². The maximum Gasteiger partial charge on any atom is 0.335 e. The fraction of sp³-hybridized carbons (Fsp3) is 0.500. The Bertz CT molecular complexity index is 1050. The number of esters is 1. The minimum atomic E-state index is -1.54. The summed E-state index contributed by atoms with van der Waals surface area (Å²) in [5.41, 5.74) is 0.728. The molecule has 0 saturated carbocycles. The van der Waals surface area contributed by atoms with Crippen LogP contribution < -0.4 is 4.90 Å². The number of rotatable bonds is 5. The lowest BCUT2D eigenvalue weighted by molar-refractivity contribution is -0.216. The topological polar surface area (TPSA) is 63.6 Å². The van der Waals surface area contributed by atoms with E-state index < -0.39 is 35.7 Å². The van der Waals surface area contributed by atoms with Crippen molar-refractivity contribution in [1.29, 1.82) is 0 Å². The van der Waals surface area contributed by atoms with Gasteiger partial charge in [-0.1, -0.05) is 6.92 Å². The van der Waals surface area contributed by atoms with Crippen molar-refractivity contribution in [3.63, 3.8) is 0 Å². The zero-order valence-corrected chi connectivity index (χ0v) is 19.6. The van der Waals surface area contributed by atoms with E-state index in [2.05, 4.69) is 4.99 Å². The Morgan fingerprint density at radius 1 is 1.26 bits per heavy atom. The second-order valence-electron chi connectivity index (χ2n) is 8.56. The first-order valence-corrected chi connectivity index (χ1v) is 11.1. The molecule has 1 aromatic carbocycles. The summed E-state index contributed by atoms with van der Waals surface area (Å²) in [5, 5.41) is 0. The van der Waals surface area contributed by atoms with Gasteiger partial charge in [0, 0.05) is 45.4 Å². The Kier molecular flexibility index (Phi) is 6.73. The molecule has 1 fully saturated rings. The van der Waals surface area contributed by atoms with E-state index in [0.29, 0.717) is 12.1 Å². The molecule has 1 saturated heterocycles. The van der Waals surface area contributed by atoms with Gasteiger partial charge in [-0.3, -0.25) is 0 Å². The van der Waals surface area contributed by atoms with Gasteiger partial charge in [-0.25, -0.2) is 23.0 Å². The maximum absolute atomic E-state index is 15.4. The van der Waals surface area contributed by atoms with Crippen LogP contribution in [0.3, 0.4) is 0 Å². The molecule has 0 aliphatic carbocycles. The molecule has 0 spiro atoms. The minimum Gasteiger partial charge on any atom is -0.463 e. The first-order valence-electron chi connectivity index (χ1n) is 11.1. The Balaban J connectivity index is 1.75. The predicted molar refractivity (Wildman–Crippen MR) is 120 cm³/mol. The number of dihydropyridines is 1. The molecule has 0 amide bonds. The van der Waals surface area contributed by atoms with E-state index in [9.17, 15) is 13.6 Å². The number of anilines is 1. The normalized spacial score (nSPS) is 26.0. The molecular formula is C24H28F3N3O4. The van der Waals surface area contributed by atoms with Crippen molar-refractivity contribution >= 4 is 17.5 Å². The van der Waals surface area contributed by atoms with E-state index in [0.717, 1.165) is 12.1 Å². The Hall–Kier alpha value is -2.85. The van der Waals surface area contributed by atoms with E-state index in [-0.39, 0.29) is 42.6 Å². The van der Waals surface area contributed by atoms with Gasteiger partial charge in [-0.15, -0.1) is 0 Å². The van der Waals surface area contributed by atoms with Crippen LogP contribution in [0.4, 0.5) is 18.9 Å². The lowest BCUT2D eigenvalue weighted by Gasteiger charge is -2.39. The third-order valence-corrected chi connectivity index (χ3v) is 6.54. The minimum absolute atomic E-state index is 0.0112. The molecule has 7 nitrogen and oxygen atoms in total. The molecule has 3 aliphatic heterocycles. The maximum atomic E-state index is 15.4. The Morgan fingerprint density at radius 2 is 2.00 bits per heavy atom. The molecule has 3 atom stereocenters. The van der Waals surface area contributed by atoms with Gasteiger partial charge < -0.3 is 24.0 Å². The molecule has 3 aliphatic rings. The molecule has 4 rings (SSSR count). The van der Waals surface area contributed by atoms with Crippen LogP contribution in [0.2, 0.25) is 0 Å². The van der Waals surface area contributed by atoms with Gasteiger partial charge in [0.25, 0.3) is 0 Å². The molecular weight excluding hydrogens is 451 g/mol. The number of methoxy groups -OCH3 is 2. The third-order valence-electron chi connectivity index (χ3n) is 6.54. The van der Waals surface area contributed by atoms with Crippen molar-refractivity contribution in [2.45, 2.75) is 38.4 Å². The number of hydrogen-bond donors (Lipinski definition) is 0. The van der Waals surface area contributed by atoms with Crippen molar-refractivity contribution in [2.75, 3.05) is 38.8 Å². The fourth-order valence-electron chi connectivity index (χ4n) is 4.77.